The molecule has 2 aromatic carbocycles. The SMILES string of the molecule is CC(=O)c1ccc(Sc2nc3ccccc3[nH]2)cc1Cl. The number of para-hydroxylation sites is 2. The number of imidazole rings is 1. The molecule has 0 radical (unpaired) electrons. The Morgan fingerprint density at radius 1 is 1.25 bits per heavy atom. The zero-order valence-electron chi connectivity index (χ0n) is 10.7. The Labute approximate surface area is 125 Å². The van der Waals surface area contributed by atoms with E-state index in [1.807, 2.05) is 30.3 Å². The lowest BCUT2D eigenvalue weighted by Crippen LogP contribution is -1.92. The van der Waals surface area contributed by atoms with Crippen LogP contribution in [0.1, 0.15) is 17.3 Å². The van der Waals surface area contributed by atoms with Gasteiger partial charge >= 0.3 is 0 Å². The van der Waals surface area contributed by atoms with Crippen molar-refractivity contribution >= 4 is 40.2 Å². The molecule has 1 heterocycles. The zero-order valence-corrected chi connectivity index (χ0v) is 12.3. The first-order valence-electron chi connectivity index (χ1n) is 6.06. The maximum atomic E-state index is 11.3. The number of rotatable bonds is 3. The number of Topliss-reactive ketones (excluding diaryl/α,β-unsaturated/α-hetero) is 1. The molecule has 0 spiro atoms. The number of ketones is 1. The number of aromatic amines is 1. The van der Waals surface area contributed by atoms with E-state index in [1.165, 1.54) is 18.7 Å². The Hall–Kier alpha value is -1.78. The van der Waals surface area contributed by atoms with Gasteiger partial charge in [0, 0.05) is 10.5 Å². The highest BCUT2D eigenvalue weighted by Gasteiger charge is 2.09. The fourth-order valence-electron chi connectivity index (χ4n) is 1.93. The molecule has 3 nitrogen and oxygen atoms in total. The number of hydrogen-bond acceptors (Lipinski definition) is 3. The van der Waals surface area contributed by atoms with E-state index in [4.69, 9.17) is 11.6 Å². The average molecular weight is 303 g/mol. The number of fused-ring (bicyclic) bond motifs is 1. The van der Waals surface area contributed by atoms with Crippen LogP contribution in [0.15, 0.2) is 52.5 Å². The summed E-state index contributed by atoms with van der Waals surface area (Å²) in [6.07, 6.45) is 0. The number of hydrogen-bond donors (Lipinski definition) is 1. The predicted octanol–water partition coefficient (Wildman–Crippen LogP) is 4.57. The standard InChI is InChI=1S/C15H11ClN2OS/c1-9(19)11-7-6-10(8-12(11)16)20-15-17-13-4-2-3-5-14(13)18-15/h2-8H,1H3,(H,17,18). The highest BCUT2D eigenvalue weighted by atomic mass is 35.5. The Morgan fingerprint density at radius 3 is 2.75 bits per heavy atom. The lowest BCUT2D eigenvalue weighted by Gasteiger charge is -2.02. The molecule has 20 heavy (non-hydrogen) atoms. The van der Waals surface area contributed by atoms with Crippen molar-refractivity contribution in [2.45, 2.75) is 17.0 Å². The summed E-state index contributed by atoms with van der Waals surface area (Å²) in [4.78, 5) is 20.0. The highest BCUT2D eigenvalue weighted by Crippen LogP contribution is 2.30. The molecule has 0 fully saturated rings. The summed E-state index contributed by atoms with van der Waals surface area (Å²) < 4.78 is 0. The lowest BCUT2D eigenvalue weighted by molar-refractivity contribution is 0.101. The maximum absolute atomic E-state index is 11.3. The van der Waals surface area contributed by atoms with Gasteiger partial charge in [-0.3, -0.25) is 4.79 Å². The van der Waals surface area contributed by atoms with Crippen LogP contribution in [0.5, 0.6) is 0 Å². The first kappa shape index (κ1) is 13.2. The summed E-state index contributed by atoms with van der Waals surface area (Å²) in [6.45, 7) is 1.51. The number of benzene rings is 2. The molecule has 5 heteroatoms. The van der Waals surface area contributed by atoms with Gasteiger partial charge in [-0.1, -0.05) is 35.5 Å². The van der Waals surface area contributed by atoms with Gasteiger partial charge in [0.05, 0.1) is 16.1 Å². The summed E-state index contributed by atoms with van der Waals surface area (Å²) in [6, 6.07) is 13.3. The van der Waals surface area contributed by atoms with Gasteiger partial charge in [-0.05, 0) is 37.3 Å². The van der Waals surface area contributed by atoms with Crippen LogP contribution in [0.25, 0.3) is 11.0 Å². The van der Waals surface area contributed by atoms with Crippen molar-refractivity contribution in [3.05, 3.63) is 53.1 Å². The first-order chi connectivity index (χ1) is 9.63. The molecular formula is C15H11ClN2OS. The highest BCUT2D eigenvalue weighted by molar-refractivity contribution is 7.99. The lowest BCUT2D eigenvalue weighted by atomic mass is 10.1. The number of carbonyl (C=O) groups is 1. The van der Waals surface area contributed by atoms with E-state index in [9.17, 15) is 4.79 Å². The van der Waals surface area contributed by atoms with Crippen molar-refractivity contribution in [2.24, 2.45) is 0 Å². The van der Waals surface area contributed by atoms with Crippen molar-refractivity contribution in [3.63, 3.8) is 0 Å². The molecule has 0 aliphatic heterocycles. The van der Waals surface area contributed by atoms with Crippen molar-refractivity contribution in [3.8, 4) is 0 Å². The van der Waals surface area contributed by atoms with Crippen LogP contribution in [-0.2, 0) is 0 Å². The third kappa shape index (κ3) is 2.57. The van der Waals surface area contributed by atoms with Gasteiger partial charge in [-0.25, -0.2) is 4.98 Å². The van der Waals surface area contributed by atoms with E-state index >= 15 is 0 Å². The van der Waals surface area contributed by atoms with Gasteiger partial charge in [0.1, 0.15) is 0 Å². The Balaban J connectivity index is 1.90. The molecule has 0 saturated heterocycles. The van der Waals surface area contributed by atoms with Crippen molar-refractivity contribution in [1.29, 1.82) is 0 Å². The molecule has 1 N–H and O–H groups in total. The second-order valence-corrected chi connectivity index (χ2v) is 5.83. The molecule has 3 aromatic rings. The molecule has 0 unspecified atom stereocenters. The fraction of sp³-hybridized carbons (Fsp3) is 0.0667. The topological polar surface area (TPSA) is 45.8 Å². The van der Waals surface area contributed by atoms with Gasteiger partial charge in [-0.15, -0.1) is 0 Å². The van der Waals surface area contributed by atoms with E-state index in [2.05, 4.69) is 9.97 Å². The predicted molar refractivity (Wildman–Crippen MR) is 81.7 cm³/mol. The number of aromatic nitrogens is 2. The summed E-state index contributed by atoms with van der Waals surface area (Å²) in [7, 11) is 0. The quantitative estimate of drug-likeness (QED) is 0.721. The zero-order chi connectivity index (χ0) is 14.1. The summed E-state index contributed by atoms with van der Waals surface area (Å²) in [5, 5.41) is 1.27. The first-order valence-corrected chi connectivity index (χ1v) is 7.26. The molecule has 3 rings (SSSR count). The van der Waals surface area contributed by atoms with Crippen LogP contribution in [0, 0.1) is 0 Å². The van der Waals surface area contributed by atoms with Crippen LogP contribution in [0.4, 0.5) is 0 Å². The van der Waals surface area contributed by atoms with E-state index < -0.39 is 0 Å². The average Bonchev–Trinajstić information content (AvgIpc) is 2.80. The molecule has 0 atom stereocenters. The van der Waals surface area contributed by atoms with Gasteiger partial charge < -0.3 is 4.98 Å². The van der Waals surface area contributed by atoms with E-state index in [1.54, 1.807) is 12.1 Å². The maximum Gasteiger partial charge on any atom is 0.171 e. The molecular weight excluding hydrogens is 292 g/mol. The van der Waals surface area contributed by atoms with E-state index in [0.717, 1.165) is 21.1 Å². The van der Waals surface area contributed by atoms with E-state index in [-0.39, 0.29) is 5.78 Å². The normalized spacial score (nSPS) is 10.9. The monoisotopic (exact) mass is 302 g/mol. The smallest absolute Gasteiger partial charge is 0.171 e. The third-order valence-electron chi connectivity index (χ3n) is 2.90. The van der Waals surface area contributed by atoms with Gasteiger partial charge in [-0.2, -0.15) is 0 Å². The molecule has 1 aromatic heterocycles. The van der Waals surface area contributed by atoms with Gasteiger partial charge in [0.15, 0.2) is 10.9 Å². The Bertz CT molecular complexity index is 764. The third-order valence-corrected chi connectivity index (χ3v) is 4.09. The van der Waals surface area contributed by atoms with Crippen LogP contribution < -0.4 is 0 Å². The van der Waals surface area contributed by atoms with Gasteiger partial charge in [0.25, 0.3) is 0 Å². The largest absolute Gasteiger partial charge is 0.333 e. The minimum Gasteiger partial charge on any atom is -0.333 e. The number of nitrogens with one attached hydrogen (secondary N) is 1. The number of nitrogens with zero attached hydrogens (tertiary/aromatic N) is 1. The molecule has 0 bridgehead atoms. The molecule has 0 aliphatic rings. The van der Waals surface area contributed by atoms with Crippen molar-refractivity contribution in [2.75, 3.05) is 0 Å². The number of carbonyl (C=O) groups excluding carboxylic acids is 1. The molecule has 100 valence electrons. The Kier molecular flexibility index (Phi) is 3.51. The van der Waals surface area contributed by atoms with Crippen LogP contribution in [-0.4, -0.2) is 15.8 Å². The minimum absolute atomic E-state index is 0.0321. The van der Waals surface area contributed by atoms with E-state index in [0.29, 0.717) is 10.6 Å². The molecule has 0 amide bonds. The summed E-state index contributed by atoms with van der Waals surface area (Å²) in [5.74, 6) is -0.0321. The van der Waals surface area contributed by atoms with Crippen LogP contribution in [0.2, 0.25) is 5.02 Å². The van der Waals surface area contributed by atoms with Gasteiger partial charge in [0.2, 0.25) is 0 Å². The molecule has 0 saturated carbocycles. The Morgan fingerprint density at radius 2 is 2.05 bits per heavy atom. The van der Waals surface area contributed by atoms with Crippen LogP contribution >= 0.6 is 23.4 Å². The number of H-pyrrole nitrogens is 1. The summed E-state index contributed by atoms with van der Waals surface area (Å²) in [5.41, 5.74) is 2.48. The second-order valence-electron chi connectivity index (χ2n) is 4.36. The van der Waals surface area contributed by atoms with Crippen molar-refractivity contribution in [1.82, 2.24) is 9.97 Å². The van der Waals surface area contributed by atoms with Crippen LogP contribution in [0.3, 0.4) is 0 Å². The molecule has 0 aliphatic carbocycles. The second kappa shape index (κ2) is 5.31. The number of halogens is 1. The van der Waals surface area contributed by atoms with Crippen molar-refractivity contribution < 1.29 is 4.79 Å². The summed E-state index contributed by atoms with van der Waals surface area (Å²) >= 11 is 7.59. The fourth-order valence-corrected chi connectivity index (χ4v) is 3.15. The minimum atomic E-state index is -0.0321.